The molecule has 2 nitrogen and oxygen atoms in total. The van der Waals surface area contributed by atoms with Gasteiger partial charge in [-0.3, -0.25) is 0 Å². The van der Waals surface area contributed by atoms with Gasteiger partial charge in [-0.05, 0) is 83.0 Å². The summed E-state index contributed by atoms with van der Waals surface area (Å²) in [5, 5.41) is 13.7. The van der Waals surface area contributed by atoms with Gasteiger partial charge in [-0.2, -0.15) is 0 Å². The molecule has 0 spiro atoms. The summed E-state index contributed by atoms with van der Waals surface area (Å²) in [6, 6.07) is 33.2. The van der Waals surface area contributed by atoms with Crippen molar-refractivity contribution in [2.24, 2.45) is 0 Å². The minimum Gasteiger partial charge on any atom is -0.308 e. The molecule has 9 aromatic rings. The monoisotopic (exact) mass is 644 g/mol. The Morgan fingerprint density at radius 2 is 0.840 bits per heavy atom. The van der Waals surface area contributed by atoms with Crippen LogP contribution in [0.15, 0.2) is 84.9 Å². The van der Waals surface area contributed by atoms with Crippen molar-refractivity contribution >= 4 is 78.7 Å². The van der Waals surface area contributed by atoms with Gasteiger partial charge in [0.25, 0.3) is 0 Å². The second-order valence-electron chi connectivity index (χ2n) is 15.4. The molecule has 5 aromatic carbocycles. The first-order valence-corrected chi connectivity index (χ1v) is 18.6. The van der Waals surface area contributed by atoms with Crippen molar-refractivity contribution in [2.45, 2.75) is 65.2 Å². The molecular formula is C48H40N2. The van der Waals surface area contributed by atoms with Gasteiger partial charge in [0, 0.05) is 53.5 Å². The fourth-order valence-electron chi connectivity index (χ4n) is 9.53. The average Bonchev–Trinajstić information content (AvgIpc) is 3.87. The van der Waals surface area contributed by atoms with Crippen LogP contribution in [0.3, 0.4) is 0 Å². The number of hydrogen-bond donors (Lipinski definition) is 0. The van der Waals surface area contributed by atoms with Gasteiger partial charge in [-0.25, -0.2) is 0 Å². The summed E-state index contributed by atoms with van der Waals surface area (Å²) in [4.78, 5) is 0. The van der Waals surface area contributed by atoms with Crippen molar-refractivity contribution in [3.8, 4) is 22.3 Å². The number of benzene rings is 5. The van der Waals surface area contributed by atoms with E-state index in [-0.39, 0.29) is 0 Å². The fourth-order valence-corrected chi connectivity index (χ4v) is 9.53. The summed E-state index contributed by atoms with van der Waals surface area (Å²) in [5.74, 6) is 1.05. The van der Waals surface area contributed by atoms with Gasteiger partial charge in [0.05, 0.1) is 22.1 Å². The number of fused-ring (bicyclic) bond motifs is 12. The third-order valence-corrected chi connectivity index (χ3v) is 12.0. The van der Waals surface area contributed by atoms with Crippen molar-refractivity contribution in [3.05, 3.63) is 117 Å². The SMILES string of the molecule is CC(C)c1ccc(-c2ccc3c4cc5c(cc4n4c6c(c2c34)=CCCC=6)c2ccc(-c3ccc(C(C)C)cc3)c3c4c(n5c32)=CCCC=4)cc1. The molecule has 2 aliphatic rings. The topological polar surface area (TPSA) is 8.82 Å². The first-order chi connectivity index (χ1) is 24.5. The number of aromatic nitrogens is 2. The first kappa shape index (κ1) is 28.5. The average molecular weight is 645 g/mol. The van der Waals surface area contributed by atoms with Gasteiger partial charge < -0.3 is 8.80 Å². The Hall–Kier alpha value is -5.34. The van der Waals surface area contributed by atoms with Crippen LogP contribution >= 0.6 is 0 Å². The zero-order valence-corrected chi connectivity index (χ0v) is 29.3. The number of rotatable bonds is 4. The summed E-state index contributed by atoms with van der Waals surface area (Å²) in [6.07, 6.45) is 14.3. The molecule has 0 radical (unpaired) electrons. The quantitative estimate of drug-likeness (QED) is 0.180. The predicted molar refractivity (Wildman–Crippen MR) is 215 cm³/mol. The minimum absolute atomic E-state index is 0.525. The lowest BCUT2D eigenvalue weighted by Gasteiger charge is -2.09. The third kappa shape index (κ3) is 3.64. The Labute approximate surface area is 291 Å². The smallest absolute Gasteiger partial charge is 0.0626 e. The van der Waals surface area contributed by atoms with E-state index in [1.54, 1.807) is 0 Å². The van der Waals surface area contributed by atoms with Crippen LogP contribution in [-0.2, 0) is 0 Å². The van der Waals surface area contributed by atoms with E-state index in [1.807, 2.05) is 0 Å². The van der Waals surface area contributed by atoms with Crippen molar-refractivity contribution < 1.29 is 0 Å². The van der Waals surface area contributed by atoms with E-state index in [0.717, 1.165) is 25.7 Å². The highest BCUT2D eigenvalue weighted by Gasteiger charge is 2.24. The molecular weight excluding hydrogens is 605 g/mol. The van der Waals surface area contributed by atoms with E-state index in [9.17, 15) is 0 Å². The van der Waals surface area contributed by atoms with E-state index in [2.05, 4.69) is 146 Å². The Morgan fingerprint density at radius 3 is 1.24 bits per heavy atom. The summed E-state index contributed by atoms with van der Waals surface area (Å²) in [5.41, 5.74) is 13.4. The van der Waals surface area contributed by atoms with Crippen LogP contribution in [0.5, 0.6) is 0 Å². The van der Waals surface area contributed by atoms with Gasteiger partial charge in [-0.1, -0.05) is 125 Å². The van der Waals surface area contributed by atoms with Crippen LogP contribution < -0.4 is 21.1 Å². The Kier molecular flexibility index (Phi) is 5.76. The number of nitrogens with zero attached hydrogens (tertiary/aromatic N) is 2. The Morgan fingerprint density at radius 1 is 0.440 bits per heavy atom. The predicted octanol–water partition coefficient (Wildman–Crippen LogP) is 9.97. The number of hydrogen-bond acceptors (Lipinski definition) is 0. The van der Waals surface area contributed by atoms with Crippen LogP contribution in [0.2, 0.25) is 0 Å². The lowest BCUT2D eigenvalue weighted by atomic mass is 9.94. The van der Waals surface area contributed by atoms with Crippen LogP contribution in [0.1, 0.15) is 76.3 Å². The van der Waals surface area contributed by atoms with E-state index < -0.39 is 0 Å². The van der Waals surface area contributed by atoms with Crippen molar-refractivity contribution in [1.82, 2.24) is 8.80 Å². The molecule has 0 atom stereocenters. The van der Waals surface area contributed by atoms with Crippen LogP contribution in [-0.4, -0.2) is 8.80 Å². The third-order valence-electron chi connectivity index (χ3n) is 12.0. The molecule has 2 aliphatic carbocycles. The van der Waals surface area contributed by atoms with Crippen LogP contribution in [0, 0.1) is 0 Å². The maximum Gasteiger partial charge on any atom is 0.0626 e. The molecule has 0 amide bonds. The normalized spacial score (nSPS) is 14.7. The van der Waals surface area contributed by atoms with E-state index >= 15 is 0 Å². The zero-order chi connectivity index (χ0) is 33.4. The molecule has 0 N–H and O–H groups in total. The van der Waals surface area contributed by atoms with Gasteiger partial charge in [-0.15, -0.1) is 0 Å². The molecule has 0 fully saturated rings. The van der Waals surface area contributed by atoms with E-state index in [0.29, 0.717) is 11.8 Å². The summed E-state index contributed by atoms with van der Waals surface area (Å²) in [7, 11) is 0. The Balaban J connectivity index is 1.25. The second kappa shape index (κ2) is 10.1. The first-order valence-electron chi connectivity index (χ1n) is 18.6. The zero-order valence-electron chi connectivity index (χ0n) is 29.3. The largest absolute Gasteiger partial charge is 0.308 e. The fraction of sp³-hybridized carbons (Fsp3) is 0.208. The Bertz CT molecular complexity index is 2890. The summed E-state index contributed by atoms with van der Waals surface area (Å²) >= 11 is 0. The second-order valence-corrected chi connectivity index (χ2v) is 15.4. The maximum absolute atomic E-state index is 2.60. The highest BCUT2D eigenvalue weighted by molar-refractivity contribution is 6.24. The molecule has 2 heteroatoms. The van der Waals surface area contributed by atoms with Gasteiger partial charge >= 0.3 is 0 Å². The van der Waals surface area contributed by atoms with Crippen LogP contribution in [0.4, 0.5) is 0 Å². The minimum atomic E-state index is 0.525. The standard InChI is InChI=1S/C48H40N2/c1-27(2)29-13-17-31(18-14-29)33-21-23-35-39-25-44-40(26-43(39)49-41-11-7-5-9-37(41)45(33)47(35)49)36-24-22-34(32-19-15-30(16-20-32)28(3)4)46-38-10-6-8-12-42(38)50(44)48(36)46/h9-28H,5-8H2,1-4H3. The molecule has 4 aromatic heterocycles. The van der Waals surface area contributed by atoms with Gasteiger partial charge in [0.2, 0.25) is 0 Å². The molecule has 0 saturated carbocycles. The lowest BCUT2D eigenvalue weighted by molar-refractivity contribution is 0.867. The van der Waals surface area contributed by atoms with Gasteiger partial charge in [0.1, 0.15) is 0 Å². The highest BCUT2D eigenvalue weighted by Crippen LogP contribution is 2.41. The summed E-state index contributed by atoms with van der Waals surface area (Å²) in [6.45, 7) is 9.09. The van der Waals surface area contributed by atoms with E-state index in [1.165, 1.54) is 109 Å². The molecule has 0 unspecified atom stereocenters. The van der Waals surface area contributed by atoms with Crippen molar-refractivity contribution in [3.63, 3.8) is 0 Å². The molecule has 50 heavy (non-hydrogen) atoms. The molecule has 0 bridgehead atoms. The molecule has 11 rings (SSSR count). The van der Waals surface area contributed by atoms with Gasteiger partial charge in [0.15, 0.2) is 0 Å². The molecule has 242 valence electrons. The van der Waals surface area contributed by atoms with Crippen molar-refractivity contribution in [1.29, 1.82) is 0 Å². The highest BCUT2D eigenvalue weighted by atomic mass is 14.9. The lowest BCUT2D eigenvalue weighted by Crippen LogP contribution is -2.28. The summed E-state index contributed by atoms with van der Waals surface area (Å²) < 4.78 is 5.20. The molecule has 0 aliphatic heterocycles. The van der Waals surface area contributed by atoms with Crippen LogP contribution in [0.25, 0.3) is 101 Å². The maximum atomic E-state index is 2.60. The molecule has 4 heterocycles. The van der Waals surface area contributed by atoms with E-state index in [4.69, 9.17) is 0 Å². The van der Waals surface area contributed by atoms with Crippen molar-refractivity contribution in [2.75, 3.05) is 0 Å². The molecule has 0 saturated heterocycles.